The van der Waals surface area contributed by atoms with Gasteiger partial charge in [-0.15, -0.1) is 5.10 Å². The molecule has 0 unspecified atom stereocenters. The van der Waals surface area contributed by atoms with Crippen LogP contribution in [0.3, 0.4) is 0 Å². The van der Waals surface area contributed by atoms with Crippen molar-refractivity contribution in [2.24, 2.45) is 11.5 Å². The van der Waals surface area contributed by atoms with E-state index in [9.17, 15) is 14.4 Å². The molecule has 34 heavy (non-hydrogen) atoms. The van der Waals surface area contributed by atoms with Crippen LogP contribution < -0.4 is 16.8 Å². The largest absolute Gasteiger partial charge is 0.363 e. The number of rotatable bonds is 6. The molecule has 0 bridgehead atoms. The molecule has 3 heterocycles. The Morgan fingerprint density at radius 3 is 1.88 bits per heavy atom. The number of nitrogens with one attached hydrogen (secondary N) is 1. The van der Waals surface area contributed by atoms with Crippen molar-refractivity contribution in [1.82, 2.24) is 44.4 Å². The van der Waals surface area contributed by atoms with Crippen molar-refractivity contribution in [3.8, 4) is 0 Å². The van der Waals surface area contributed by atoms with E-state index < -0.39 is 11.8 Å². The molecule has 0 aliphatic rings. The van der Waals surface area contributed by atoms with Gasteiger partial charge in [-0.25, -0.2) is 24.3 Å². The maximum Gasteiger partial charge on any atom is 0.290 e. The number of amides is 3. The second-order valence-corrected chi connectivity index (χ2v) is 7.82. The fraction of sp³-hybridized carbons (Fsp3) is 0.500. The van der Waals surface area contributed by atoms with Gasteiger partial charge in [0.15, 0.2) is 5.82 Å². The minimum Gasteiger partial charge on any atom is -0.363 e. The monoisotopic (exact) mass is 475 g/mol. The van der Waals surface area contributed by atoms with Crippen LogP contribution in [0.2, 0.25) is 0 Å². The fourth-order valence-corrected chi connectivity index (χ4v) is 2.46. The molecule has 0 saturated heterocycles. The molecule has 0 saturated carbocycles. The number of carbonyl (C=O) groups excluding carboxylic acids is 3. The average Bonchev–Trinajstić information content (AvgIpc) is 3.53. The summed E-state index contributed by atoms with van der Waals surface area (Å²) in [7, 11) is 1.55. The van der Waals surface area contributed by atoms with E-state index in [1.165, 1.54) is 11.0 Å². The highest BCUT2D eigenvalue weighted by Gasteiger charge is 2.12. The lowest BCUT2D eigenvalue weighted by Crippen LogP contribution is -2.19. The van der Waals surface area contributed by atoms with E-state index in [0.29, 0.717) is 5.82 Å². The smallest absolute Gasteiger partial charge is 0.290 e. The van der Waals surface area contributed by atoms with Crippen molar-refractivity contribution < 1.29 is 14.4 Å². The maximum atomic E-state index is 11.0. The number of nitrogens with two attached hydrogens (primary N) is 2. The molecular formula is C20H33N11O3. The fourth-order valence-electron chi connectivity index (χ4n) is 2.46. The van der Waals surface area contributed by atoms with Crippen LogP contribution in [0.1, 0.15) is 91.5 Å². The highest BCUT2D eigenvalue weighted by atomic mass is 16.2. The normalized spacial score (nSPS) is 10.4. The van der Waals surface area contributed by atoms with E-state index >= 15 is 0 Å². The van der Waals surface area contributed by atoms with Crippen molar-refractivity contribution >= 4 is 17.7 Å². The van der Waals surface area contributed by atoms with E-state index in [4.69, 9.17) is 11.5 Å². The van der Waals surface area contributed by atoms with Gasteiger partial charge in [0.25, 0.3) is 17.7 Å². The van der Waals surface area contributed by atoms with E-state index in [1.54, 1.807) is 35.0 Å². The average molecular weight is 476 g/mol. The molecular weight excluding hydrogens is 442 g/mol. The Hall–Kier alpha value is -4.10. The van der Waals surface area contributed by atoms with Gasteiger partial charge in [-0.2, -0.15) is 5.10 Å². The predicted octanol–water partition coefficient (Wildman–Crippen LogP) is 0.739. The number of imidazole rings is 1. The highest BCUT2D eigenvalue weighted by Crippen LogP contribution is 2.06. The summed E-state index contributed by atoms with van der Waals surface area (Å²) in [6.45, 7) is 11.7. The predicted molar refractivity (Wildman–Crippen MR) is 124 cm³/mol. The molecule has 0 aromatic carbocycles. The summed E-state index contributed by atoms with van der Waals surface area (Å²) < 4.78 is 4.87. The Balaban J connectivity index is 0.000000255. The van der Waals surface area contributed by atoms with E-state index in [0.717, 1.165) is 0 Å². The van der Waals surface area contributed by atoms with Crippen LogP contribution in [0.4, 0.5) is 0 Å². The quantitative estimate of drug-likeness (QED) is 0.464. The number of hydrogen-bond donors (Lipinski definition) is 3. The summed E-state index contributed by atoms with van der Waals surface area (Å²) in [5, 5.41) is 10.3. The van der Waals surface area contributed by atoms with E-state index in [-0.39, 0.29) is 35.7 Å². The van der Waals surface area contributed by atoms with E-state index in [2.05, 4.69) is 30.5 Å². The molecule has 3 aromatic rings. The van der Waals surface area contributed by atoms with Gasteiger partial charge in [-0.3, -0.25) is 14.4 Å². The Morgan fingerprint density at radius 1 is 0.882 bits per heavy atom. The highest BCUT2D eigenvalue weighted by molar-refractivity contribution is 5.90. The van der Waals surface area contributed by atoms with Gasteiger partial charge in [0, 0.05) is 37.6 Å². The second kappa shape index (κ2) is 12.8. The third-order valence-corrected chi connectivity index (χ3v) is 4.20. The van der Waals surface area contributed by atoms with Gasteiger partial charge >= 0.3 is 0 Å². The standard InChI is InChI=1S/C7H12N4O.C7H11N3O.C6H10N4O/c1-5(2)11-4-9-6(10-11)7(12)8-3;1-5(2)10-4-3-9-7(10)6(8)11;1-4(2)10-6(5(7)11)8-3-9-10/h4-5H,1-3H3,(H,8,12);3-5H,1-2H3,(H2,8,11);3-4H,1-2H3,(H2,7,11). The van der Waals surface area contributed by atoms with Crippen molar-refractivity contribution in [3.63, 3.8) is 0 Å². The zero-order valence-corrected chi connectivity index (χ0v) is 20.5. The van der Waals surface area contributed by atoms with E-state index in [1.807, 2.05) is 41.5 Å². The summed E-state index contributed by atoms with van der Waals surface area (Å²) in [5.41, 5.74) is 10.1. The first-order valence-corrected chi connectivity index (χ1v) is 10.6. The third-order valence-electron chi connectivity index (χ3n) is 4.20. The summed E-state index contributed by atoms with van der Waals surface area (Å²) in [6, 6.07) is 0.566. The molecule has 3 aromatic heterocycles. The van der Waals surface area contributed by atoms with Crippen molar-refractivity contribution in [2.45, 2.75) is 59.7 Å². The Morgan fingerprint density at radius 2 is 1.50 bits per heavy atom. The molecule has 0 aliphatic carbocycles. The molecule has 3 amide bonds. The first-order valence-electron chi connectivity index (χ1n) is 10.6. The van der Waals surface area contributed by atoms with Crippen molar-refractivity contribution in [3.05, 3.63) is 42.5 Å². The number of hydrogen-bond acceptors (Lipinski definition) is 8. The van der Waals surface area contributed by atoms with Crippen LogP contribution in [0.5, 0.6) is 0 Å². The van der Waals surface area contributed by atoms with Gasteiger partial charge < -0.3 is 21.4 Å². The Labute approximate surface area is 197 Å². The van der Waals surface area contributed by atoms with Crippen LogP contribution in [0.15, 0.2) is 25.0 Å². The minimum absolute atomic E-state index is 0.111. The van der Waals surface area contributed by atoms with Gasteiger partial charge in [0.2, 0.25) is 11.6 Å². The van der Waals surface area contributed by atoms with Crippen molar-refractivity contribution in [2.75, 3.05) is 7.05 Å². The number of carbonyl (C=O) groups is 3. The number of nitrogens with zero attached hydrogens (tertiary/aromatic N) is 8. The van der Waals surface area contributed by atoms with Gasteiger partial charge in [-0.05, 0) is 41.5 Å². The molecule has 0 fully saturated rings. The number of primary amides is 2. The summed E-state index contributed by atoms with van der Waals surface area (Å²) in [5.74, 6) is -0.541. The summed E-state index contributed by atoms with van der Waals surface area (Å²) in [4.78, 5) is 43.8. The van der Waals surface area contributed by atoms with Crippen molar-refractivity contribution in [1.29, 1.82) is 0 Å². The second-order valence-electron chi connectivity index (χ2n) is 7.82. The lowest BCUT2D eigenvalue weighted by atomic mass is 10.4. The summed E-state index contributed by atoms with van der Waals surface area (Å²) >= 11 is 0. The molecule has 3 rings (SSSR count). The zero-order valence-electron chi connectivity index (χ0n) is 20.5. The number of aromatic nitrogens is 8. The first kappa shape index (κ1) is 27.9. The molecule has 0 aliphatic heterocycles. The Kier molecular flexibility index (Phi) is 10.5. The lowest BCUT2D eigenvalue weighted by Gasteiger charge is -2.07. The van der Waals surface area contributed by atoms with Gasteiger partial charge in [-0.1, -0.05) is 0 Å². The van der Waals surface area contributed by atoms with Crippen LogP contribution in [0, 0.1) is 0 Å². The molecule has 0 atom stereocenters. The molecule has 0 spiro atoms. The molecule has 5 N–H and O–H groups in total. The molecule has 0 radical (unpaired) electrons. The SMILES string of the molecule is CC(C)n1ccnc1C(N)=O.CC(C)n1ncnc1C(N)=O.CNC(=O)c1ncn(C(C)C)n1. The minimum atomic E-state index is -0.545. The molecule has 14 nitrogen and oxygen atoms in total. The topological polar surface area (TPSA) is 195 Å². The zero-order chi connectivity index (χ0) is 26.0. The molecule has 14 heteroatoms. The molecule has 186 valence electrons. The van der Waals surface area contributed by atoms with Gasteiger partial charge in [0.1, 0.15) is 12.7 Å². The van der Waals surface area contributed by atoms with Crippen LogP contribution in [-0.4, -0.2) is 63.8 Å². The lowest BCUT2D eigenvalue weighted by molar-refractivity contribution is 0.0949. The first-order chi connectivity index (χ1) is 15.9. The van der Waals surface area contributed by atoms with Crippen LogP contribution in [0.25, 0.3) is 0 Å². The maximum absolute atomic E-state index is 11.0. The summed E-state index contributed by atoms with van der Waals surface area (Å²) in [6.07, 6.45) is 6.18. The van der Waals surface area contributed by atoms with Crippen LogP contribution >= 0.6 is 0 Å². The van der Waals surface area contributed by atoms with Gasteiger partial charge in [0.05, 0.1) is 0 Å². The third kappa shape index (κ3) is 7.79. The Bertz CT molecular complexity index is 1020. The van der Waals surface area contributed by atoms with Crippen LogP contribution in [-0.2, 0) is 0 Å².